The van der Waals surface area contributed by atoms with Crippen molar-refractivity contribution in [1.29, 1.82) is 0 Å². The Labute approximate surface area is 115 Å². The molecule has 0 amide bonds. The number of nitrogens with zero attached hydrogens (tertiary/aromatic N) is 1. The van der Waals surface area contributed by atoms with Gasteiger partial charge in [0.25, 0.3) is 0 Å². The summed E-state index contributed by atoms with van der Waals surface area (Å²) in [5.41, 5.74) is 8.43. The SMILES string of the molecule is Nc1c(Nc2cc(F)cc(F)c2F)ccc2scnc12. The van der Waals surface area contributed by atoms with Gasteiger partial charge in [0.05, 0.1) is 27.3 Å². The maximum atomic E-state index is 13.6. The highest BCUT2D eigenvalue weighted by molar-refractivity contribution is 7.16. The number of anilines is 3. The van der Waals surface area contributed by atoms with Gasteiger partial charge in [-0.3, -0.25) is 0 Å². The van der Waals surface area contributed by atoms with Crippen LogP contribution in [-0.4, -0.2) is 4.98 Å². The average Bonchev–Trinajstić information content (AvgIpc) is 2.87. The Bertz CT molecular complexity index is 801. The first-order chi connectivity index (χ1) is 9.56. The summed E-state index contributed by atoms with van der Waals surface area (Å²) in [5.74, 6) is -3.30. The van der Waals surface area contributed by atoms with Gasteiger partial charge in [0.15, 0.2) is 11.6 Å². The van der Waals surface area contributed by atoms with Crippen LogP contribution in [0.1, 0.15) is 0 Å². The van der Waals surface area contributed by atoms with Crippen molar-refractivity contribution in [3.8, 4) is 0 Å². The largest absolute Gasteiger partial charge is 0.395 e. The molecule has 3 nitrogen and oxygen atoms in total. The molecule has 102 valence electrons. The van der Waals surface area contributed by atoms with Crippen LogP contribution in [0.2, 0.25) is 0 Å². The molecule has 0 spiro atoms. The minimum absolute atomic E-state index is 0.299. The van der Waals surface area contributed by atoms with E-state index in [9.17, 15) is 13.2 Å². The van der Waals surface area contributed by atoms with E-state index in [0.29, 0.717) is 23.0 Å². The van der Waals surface area contributed by atoms with E-state index in [1.165, 1.54) is 11.3 Å². The number of fused-ring (bicyclic) bond motifs is 1. The summed E-state index contributed by atoms with van der Waals surface area (Å²) in [5, 5.41) is 2.59. The Morgan fingerprint density at radius 2 is 1.90 bits per heavy atom. The van der Waals surface area contributed by atoms with E-state index in [1.54, 1.807) is 17.6 Å². The number of hydrogen-bond donors (Lipinski definition) is 2. The van der Waals surface area contributed by atoms with E-state index in [0.717, 1.165) is 10.8 Å². The van der Waals surface area contributed by atoms with Crippen LogP contribution in [0.5, 0.6) is 0 Å². The number of nitrogens with one attached hydrogen (secondary N) is 1. The van der Waals surface area contributed by atoms with E-state index >= 15 is 0 Å². The number of rotatable bonds is 2. The van der Waals surface area contributed by atoms with Gasteiger partial charge in [-0.25, -0.2) is 18.2 Å². The highest BCUT2D eigenvalue weighted by Gasteiger charge is 2.13. The fourth-order valence-electron chi connectivity index (χ4n) is 1.85. The lowest BCUT2D eigenvalue weighted by molar-refractivity contribution is 0.498. The summed E-state index contributed by atoms with van der Waals surface area (Å²) in [6.45, 7) is 0. The molecule has 3 N–H and O–H groups in total. The fourth-order valence-corrected chi connectivity index (χ4v) is 2.55. The molecule has 0 bridgehead atoms. The summed E-state index contributed by atoms with van der Waals surface area (Å²) < 4.78 is 40.7. The normalized spacial score (nSPS) is 10.9. The third-order valence-electron chi connectivity index (χ3n) is 2.80. The van der Waals surface area contributed by atoms with Crippen LogP contribution in [0.4, 0.5) is 30.2 Å². The highest BCUT2D eigenvalue weighted by atomic mass is 32.1. The number of hydrogen-bond acceptors (Lipinski definition) is 4. The molecule has 0 saturated heterocycles. The van der Waals surface area contributed by atoms with Crippen LogP contribution >= 0.6 is 11.3 Å². The first-order valence-corrected chi connectivity index (χ1v) is 6.47. The van der Waals surface area contributed by atoms with Gasteiger partial charge < -0.3 is 11.1 Å². The molecule has 0 radical (unpaired) electrons. The molecule has 3 aromatic rings. The van der Waals surface area contributed by atoms with Crippen LogP contribution in [0, 0.1) is 17.5 Å². The van der Waals surface area contributed by atoms with Gasteiger partial charge >= 0.3 is 0 Å². The van der Waals surface area contributed by atoms with Crippen molar-refractivity contribution < 1.29 is 13.2 Å². The van der Waals surface area contributed by atoms with Crippen molar-refractivity contribution in [3.05, 3.63) is 47.2 Å². The monoisotopic (exact) mass is 295 g/mol. The van der Waals surface area contributed by atoms with Crippen molar-refractivity contribution in [1.82, 2.24) is 4.98 Å². The molecule has 7 heteroatoms. The summed E-state index contributed by atoms with van der Waals surface area (Å²) in [4.78, 5) is 4.09. The maximum absolute atomic E-state index is 13.6. The molecule has 0 aliphatic rings. The minimum Gasteiger partial charge on any atom is -0.395 e. The Morgan fingerprint density at radius 3 is 2.70 bits per heavy atom. The Balaban J connectivity index is 2.07. The first kappa shape index (κ1) is 12.7. The van der Waals surface area contributed by atoms with Crippen LogP contribution in [0.15, 0.2) is 29.8 Å². The van der Waals surface area contributed by atoms with E-state index in [-0.39, 0.29) is 5.69 Å². The molecule has 0 aliphatic heterocycles. The lowest BCUT2D eigenvalue weighted by Crippen LogP contribution is -2.01. The van der Waals surface area contributed by atoms with Crippen LogP contribution in [0.3, 0.4) is 0 Å². The number of benzene rings is 2. The number of thiazole rings is 1. The summed E-state index contributed by atoms with van der Waals surface area (Å²) in [6.07, 6.45) is 0. The maximum Gasteiger partial charge on any atom is 0.182 e. The summed E-state index contributed by atoms with van der Waals surface area (Å²) in [7, 11) is 0. The smallest absolute Gasteiger partial charge is 0.182 e. The molecular formula is C13H8F3N3S. The lowest BCUT2D eigenvalue weighted by Gasteiger charge is -2.11. The van der Waals surface area contributed by atoms with Crippen LogP contribution in [-0.2, 0) is 0 Å². The Hall–Kier alpha value is -2.28. The van der Waals surface area contributed by atoms with Crippen LogP contribution in [0.25, 0.3) is 10.2 Å². The molecule has 20 heavy (non-hydrogen) atoms. The highest BCUT2D eigenvalue weighted by Crippen LogP contribution is 2.33. The van der Waals surface area contributed by atoms with Gasteiger partial charge in [0.1, 0.15) is 11.3 Å². The zero-order chi connectivity index (χ0) is 14.3. The molecule has 0 fully saturated rings. The van der Waals surface area contributed by atoms with Crippen molar-refractivity contribution >= 4 is 38.6 Å². The number of aromatic nitrogens is 1. The third kappa shape index (κ3) is 2.05. The fraction of sp³-hybridized carbons (Fsp3) is 0. The Morgan fingerprint density at radius 1 is 1.10 bits per heavy atom. The number of nitrogens with two attached hydrogens (primary N) is 1. The van der Waals surface area contributed by atoms with E-state index in [1.807, 2.05) is 0 Å². The molecule has 2 aromatic carbocycles. The standard InChI is InChI=1S/C13H8F3N3S/c14-6-3-7(15)11(16)9(4-6)19-8-1-2-10-13(12(8)17)18-5-20-10/h1-5,19H,17H2. The van der Waals surface area contributed by atoms with Crippen LogP contribution < -0.4 is 11.1 Å². The van der Waals surface area contributed by atoms with E-state index in [2.05, 4.69) is 10.3 Å². The average molecular weight is 295 g/mol. The predicted molar refractivity (Wildman–Crippen MR) is 73.6 cm³/mol. The zero-order valence-electron chi connectivity index (χ0n) is 9.95. The number of nitrogen functional groups attached to an aromatic ring is 1. The minimum atomic E-state index is -1.26. The molecule has 1 heterocycles. The van der Waals surface area contributed by atoms with Gasteiger partial charge in [0.2, 0.25) is 0 Å². The molecule has 0 unspecified atom stereocenters. The second kappa shape index (κ2) is 4.68. The molecule has 1 aromatic heterocycles. The van der Waals surface area contributed by atoms with Crippen molar-refractivity contribution in [2.45, 2.75) is 0 Å². The van der Waals surface area contributed by atoms with Crippen molar-refractivity contribution in [3.63, 3.8) is 0 Å². The number of halogens is 3. The third-order valence-corrected chi connectivity index (χ3v) is 3.60. The molecule has 3 rings (SSSR count). The van der Waals surface area contributed by atoms with E-state index < -0.39 is 17.5 Å². The van der Waals surface area contributed by atoms with Crippen molar-refractivity contribution in [2.24, 2.45) is 0 Å². The summed E-state index contributed by atoms with van der Waals surface area (Å²) in [6, 6.07) is 4.70. The first-order valence-electron chi connectivity index (χ1n) is 5.59. The molecule has 0 saturated carbocycles. The lowest BCUT2D eigenvalue weighted by atomic mass is 10.2. The predicted octanol–water partition coefficient (Wildman–Crippen LogP) is 4.04. The molecule has 0 atom stereocenters. The van der Waals surface area contributed by atoms with Crippen molar-refractivity contribution in [2.75, 3.05) is 11.1 Å². The van der Waals surface area contributed by atoms with Gasteiger partial charge in [-0.15, -0.1) is 11.3 Å². The topological polar surface area (TPSA) is 50.9 Å². The van der Waals surface area contributed by atoms with Gasteiger partial charge in [-0.05, 0) is 12.1 Å². The van der Waals surface area contributed by atoms with Gasteiger partial charge in [-0.1, -0.05) is 0 Å². The quantitative estimate of drug-likeness (QED) is 0.554. The van der Waals surface area contributed by atoms with Gasteiger partial charge in [0, 0.05) is 12.1 Å². The van der Waals surface area contributed by atoms with Gasteiger partial charge in [-0.2, -0.15) is 0 Å². The van der Waals surface area contributed by atoms with E-state index in [4.69, 9.17) is 5.73 Å². The Kier molecular flexibility index (Phi) is 2.98. The zero-order valence-corrected chi connectivity index (χ0v) is 10.8. The molecule has 0 aliphatic carbocycles. The summed E-state index contributed by atoms with van der Waals surface area (Å²) >= 11 is 1.41. The second-order valence-electron chi connectivity index (χ2n) is 4.10. The molecular weight excluding hydrogens is 287 g/mol. The second-order valence-corrected chi connectivity index (χ2v) is 4.99.